The molecule has 1 aliphatic rings. The molecule has 0 radical (unpaired) electrons. The van der Waals surface area contributed by atoms with Gasteiger partial charge in [0.2, 0.25) is 11.7 Å². The normalized spacial score (nSPS) is 15.9. The van der Waals surface area contributed by atoms with Crippen LogP contribution in [-0.2, 0) is 4.79 Å². The first kappa shape index (κ1) is 20.4. The van der Waals surface area contributed by atoms with E-state index in [0.29, 0.717) is 29.6 Å². The third-order valence-electron chi connectivity index (χ3n) is 5.24. The van der Waals surface area contributed by atoms with E-state index in [4.69, 9.17) is 19.3 Å². The van der Waals surface area contributed by atoms with Gasteiger partial charge in [-0.15, -0.1) is 0 Å². The maximum Gasteiger partial charge on any atom is 0.261 e. The number of methoxy groups -OCH3 is 1. The minimum absolute atomic E-state index is 0.0954. The lowest BCUT2D eigenvalue weighted by molar-refractivity contribution is -0.138. The number of hydrogen-bond donors (Lipinski definition) is 0. The van der Waals surface area contributed by atoms with Crippen molar-refractivity contribution < 1.29 is 18.8 Å². The third kappa shape index (κ3) is 4.67. The van der Waals surface area contributed by atoms with Crippen molar-refractivity contribution in [2.75, 3.05) is 20.3 Å². The van der Waals surface area contributed by atoms with Gasteiger partial charge in [-0.3, -0.25) is 4.79 Å². The summed E-state index contributed by atoms with van der Waals surface area (Å²) in [6.07, 6.45) is 2.65. The number of ether oxygens (including phenoxy) is 2. The van der Waals surface area contributed by atoms with Crippen LogP contribution >= 0.6 is 0 Å². The Balaban J connectivity index is 1.44. The predicted octanol–water partition coefficient (Wildman–Crippen LogP) is 3.75. The Kier molecular flexibility index (Phi) is 6.13. The summed E-state index contributed by atoms with van der Waals surface area (Å²) in [5, 5.41) is 13.0. The van der Waals surface area contributed by atoms with E-state index in [9.17, 15) is 4.79 Å². The zero-order valence-electron chi connectivity index (χ0n) is 17.2. The zero-order chi connectivity index (χ0) is 21.6. The molecule has 1 amide bonds. The van der Waals surface area contributed by atoms with Crippen LogP contribution < -0.4 is 9.47 Å². The first-order chi connectivity index (χ1) is 15.2. The number of amides is 1. The fraction of sp³-hybridized carbons (Fsp3) is 0.304. The van der Waals surface area contributed by atoms with Crippen LogP contribution in [0.1, 0.15) is 36.8 Å². The minimum Gasteiger partial charge on any atom is -0.497 e. The molecule has 0 spiro atoms. The zero-order valence-corrected chi connectivity index (χ0v) is 17.2. The lowest BCUT2D eigenvalue weighted by Crippen LogP contribution is -2.41. The molecule has 8 nitrogen and oxygen atoms in total. The van der Waals surface area contributed by atoms with Gasteiger partial charge >= 0.3 is 0 Å². The van der Waals surface area contributed by atoms with Crippen molar-refractivity contribution in [2.45, 2.75) is 25.3 Å². The average molecular weight is 418 g/mol. The maximum atomic E-state index is 12.9. The van der Waals surface area contributed by atoms with E-state index in [1.54, 1.807) is 36.3 Å². The summed E-state index contributed by atoms with van der Waals surface area (Å²) in [6.45, 7) is 0.516. The van der Waals surface area contributed by atoms with Gasteiger partial charge in [0.25, 0.3) is 5.91 Å². The molecular formula is C23H22N4O4. The van der Waals surface area contributed by atoms with E-state index in [2.05, 4.69) is 16.2 Å². The molecule has 0 bridgehead atoms. The number of piperidine rings is 1. The Labute approximate surface area is 180 Å². The van der Waals surface area contributed by atoms with Gasteiger partial charge in [0.1, 0.15) is 17.5 Å². The summed E-state index contributed by atoms with van der Waals surface area (Å²) >= 11 is 0. The number of carbonyl (C=O) groups excluding carboxylic acids is 1. The molecule has 0 unspecified atom stereocenters. The first-order valence-electron chi connectivity index (χ1n) is 10.1. The number of aromatic nitrogens is 2. The van der Waals surface area contributed by atoms with Gasteiger partial charge in [-0.2, -0.15) is 10.2 Å². The average Bonchev–Trinajstić information content (AvgIpc) is 3.33. The third-order valence-corrected chi connectivity index (χ3v) is 5.24. The van der Waals surface area contributed by atoms with E-state index < -0.39 is 0 Å². The fourth-order valence-electron chi connectivity index (χ4n) is 3.57. The van der Waals surface area contributed by atoms with Crippen LogP contribution in [0.15, 0.2) is 53.1 Å². The molecule has 1 aromatic heterocycles. The van der Waals surface area contributed by atoms with Crippen LogP contribution in [0.3, 0.4) is 0 Å². The van der Waals surface area contributed by atoms with Gasteiger partial charge in [-0.05, 0) is 67.8 Å². The van der Waals surface area contributed by atoms with Crippen LogP contribution in [0.25, 0.3) is 11.4 Å². The van der Waals surface area contributed by atoms with Crippen molar-refractivity contribution in [3.05, 3.63) is 60.0 Å². The van der Waals surface area contributed by atoms with E-state index >= 15 is 0 Å². The van der Waals surface area contributed by atoms with Gasteiger partial charge < -0.3 is 18.9 Å². The number of hydrogen-bond acceptors (Lipinski definition) is 7. The molecule has 0 saturated carbocycles. The van der Waals surface area contributed by atoms with Crippen LogP contribution in [0.4, 0.5) is 0 Å². The second-order valence-corrected chi connectivity index (χ2v) is 7.21. The SMILES string of the molecule is COc1ccc(-c2noc([C@H]3CCCCN3C(=O)COc3ccc(C#N)cc3)n2)cc1. The van der Waals surface area contributed by atoms with Crippen molar-refractivity contribution >= 4 is 5.91 Å². The summed E-state index contributed by atoms with van der Waals surface area (Å²) < 4.78 is 16.3. The Hall–Kier alpha value is -3.86. The predicted molar refractivity (Wildman–Crippen MR) is 111 cm³/mol. The number of nitriles is 1. The second-order valence-electron chi connectivity index (χ2n) is 7.21. The number of benzene rings is 2. The summed E-state index contributed by atoms with van der Waals surface area (Å²) in [6, 6.07) is 15.8. The lowest BCUT2D eigenvalue weighted by atomic mass is 10.0. The van der Waals surface area contributed by atoms with Gasteiger partial charge in [0.15, 0.2) is 6.61 Å². The van der Waals surface area contributed by atoms with Crippen LogP contribution in [0, 0.1) is 11.3 Å². The first-order valence-corrected chi connectivity index (χ1v) is 10.1. The summed E-state index contributed by atoms with van der Waals surface area (Å²) in [7, 11) is 1.61. The molecule has 2 heterocycles. The molecule has 0 aliphatic carbocycles. The maximum absolute atomic E-state index is 12.9. The van der Waals surface area contributed by atoms with Gasteiger partial charge in [-0.25, -0.2) is 0 Å². The van der Waals surface area contributed by atoms with Crippen molar-refractivity contribution in [3.8, 4) is 29.0 Å². The molecule has 1 fully saturated rings. The van der Waals surface area contributed by atoms with Crippen molar-refractivity contribution in [3.63, 3.8) is 0 Å². The molecule has 1 saturated heterocycles. The Morgan fingerprint density at radius 2 is 1.90 bits per heavy atom. The minimum atomic E-state index is -0.273. The molecule has 158 valence electrons. The molecule has 1 aliphatic heterocycles. The Morgan fingerprint density at radius 3 is 2.61 bits per heavy atom. The van der Waals surface area contributed by atoms with E-state index in [1.165, 1.54) is 0 Å². The monoisotopic (exact) mass is 418 g/mol. The van der Waals surface area contributed by atoms with Crippen molar-refractivity contribution in [2.24, 2.45) is 0 Å². The summed E-state index contributed by atoms with van der Waals surface area (Å²) in [4.78, 5) is 19.2. The molecule has 2 aromatic carbocycles. The molecular weight excluding hydrogens is 396 g/mol. The van der Waals surface area contributed by atoms with Crippen LogP contribution in [-0.4, -0.2) is 41.2 Å². The summed E-state index contributed by atoms with van der Waals surface area (Å²) in [5.74, 6) is 2.05. The largest absolute Gasteiger partial charge is 0.497 e. The van der Waals surface area contributed by atoms with Crippen molar-refractivity contribution in [1.82, 2.24) is 15.0 Å². The van der Waals surface area contributed by atoms with E-state index in [0.717, 1.165) is 30.6 Å². The number of nitrogens with zero attached hydrogens (tertiary/aromatic N) is 4. The molecule has 4 rings (SSSR count). The van der Waals surface area contributed by atoms with Gasteiger partial charge in [-0.1, -0.05) is 5.16 Å². The molecule has 3 aromatic rings. The Bertz CT molecular complexity index is 1070. The number of rotatable bonds is 6. The van der Waals surface area contributed by atoms with E-state index in [1.807, 2.05) is 24.3 Å². The molecule has 0 N–H and O–H groups in total. The van der Waals surface area contributed by atoms with Gasteiger partial charge in [0.05, 0.1) is 18.7 Å². The Morgan fingerprint density at radius 1 is 1.16 bits per heavy atom. The molecule has 8 heteroatoms. The highest BCUT2D eigenvalue weighted by molar-refractivity contribution is 5.78. The highest BCUT2D eigenvalue weighted by atomic mass is 16.5. The topological polar surface area (TPSA) is 101 Å². The number of likely N-dealkylation sites (tertiary alicyclic amines) is 1. The number of carbonyl (C=O) groups is 1. The fourth-order valence-corrected chi connectivity index (χ4v) is 3.57. The quantitative estimate of drug-likeness (QED) is 0.601. The van der Waals surface area contributed by atoms with Crippen LogP contribution in [0.2, 0.25) is 0 Å². The molecule has 1 atom stereocenters. The van der Waals surface area contributed by atoms with Gasteiger partial charge in [0, 0.05) is 12.1 Å². The van der Waals surface area contributed by atoms with Crippen LogP contribution in [0.5, 0.6) is 11.5 Å². The highest BCUT2D eigenvalue weighted by Crippen LogP contribution is 2.31. The smallest absolute Gasteiger partial charge is 0.261 e. The highest BCUT2D eigenvalue weighted by Gasteiger charge is 2.32. The standard InChI is InChI=1S/C23H22N4O4/c1-29-18-11-7-17(8-12-18)22-25-23(31-26-22)20-4-2-3-13-27(20)21(28)15-30-19-9-5-16(14-24)6-10-19/h5-12,20H,2-4,13,15H2,1H3/t20-/m1/s1. The lowest BCUT2D eigenvalue weighted by Gasteiger charge is -2.33. The second kappa shape index (κ2) is 9.30. The van der Waals surface area contributed by atoms with Crippen molar-refractivity contribution in [1.29, 1.82) is 5.26 Å². The van der Waals surface area contributed by atoms with E-state index in [-0.39, 0.29) is 18.6 Å². The summed E-state index contributed by atoms with van der Waals surface area (Å²) in [5.41, 5.74) is 1.35. The molecule has 31 heavy (non-hydrogen) atoms.